The number of phenols is 1. The molecule has 96 heavy (non-hydrogen) atoms. The number of rotatable bonds is 11. The molecule has 17 rings (SSSR count). The summed E-state index contributed by atoms with van der Waals surface area (Å²) in [5.41, 5.74) is 7.42. The summed E-state index contributed by atoms with van der Waals surface area (Å²) in [5.74, 6) is 6.38. The SMILES string of the molecule is CCCNCc1cc2cc(c1)[C@@H]1NC[C@@](C)(O)CC#C[C@@H]3[C@@H](CC[C@@H]4CCCC[C@@]43O)[C@H]3C[C@]([C@@H]4CCN[C@H](NC)C4)(CC(=O)c4oc(O)c5c4CC[C@H]4[C@H]6CC[C@]7(C(=C6c6cc(O)ccc6-c6cccc(c6)CNCC2)C(=O)O/C7=C\[C@H](CCO)Cc2ccccc2)[C@@H]54)C[C@@H]31. The van der Waals surface area contributed by atoms with Gasteiger partial charge < -0.3 is 61.3 Å². The van der Waals surface area contributed by atoms with E-state index in [1.54, 1.807) is 6.07 Å². The van der Waals surface area contributed by atoms with Crippen molar-refractivity contribution in [2.24, 2.45) is 64.1 Å². The highest BCUT2D eigenvalue weighted by Gasteiger charge is 2.68. The number of hydrogen-bond acceptors (Lipinski definition) is 14. The normalized spacial score (nSPS) is 34.7. The fraction of sp³-hybridized carbons (Fsp3) is 0.561. The number of carbonyl (C=O) groups is 2. The first-order valence-electron chi connectivity index (χ1n) is 36.9. The maximum Gasteiger partial charge on any atom is 0.340 e. The number of furan rings is 1. The molecule has 508 valence electrons. The van der Waals surface area contributed by atoms with E-state index >= 15 is 9.59 Å². The number of aliphatic hydroxyl groups is 3. The third-order valence-electron chi connectivity index (χ3n) is 25.7. The summed E-state index contributed by atoms with van der Waals surface area (Å²) in [6, 6.07) is 31.3. The van der Waals surface area contributed by atoms with E-state index in [1.807, 2.05) is 44.3 Å². The van der Waals surface area contributed by atoms with Crippen LogP contribution in [0.1, 0.15) is 190 Å². The lowest BCUT2D eigenvalue weighted by Gasteiger charge is -2.56. The number of piperidine rings is 1. The molecule has 7 aliphatic carbocycles. The average Bonchev–Trinajstić information content (AvgIpc) is 1.41. The van der Waals surface area contributed by atoms with Crippen LogP contribution in [0.3, 0.4) is 0 Å². The number of aliphatic hydroxyl groups excluding tert-OH is 1. The number of Topliss-reactive ketones (excluding diaryl/α,β-unsaturated/α-hetero) is 1. The van der Waals surface area contributed by atoms with Gasteiger partial charge in [-0.15, -0.1) is 0 Å². The van der Waals surface area contributed by atoms with Crippen molar-refractivity contribution in [2.75, 3.05) is 39.8 Å². The molecule has 0 unspecified atom stereocenters. The van der Waals surface area contributed by atoms with Crippen molar-refractivity contribution in [3.05, 3.63) is 159 Å². The van der Waals surface area contributed by atoms with E-state index in [1.165, 1.54) is 16.7 Å². The average molecular weight is 1300 g/mol. The second kappa shape index (κ2) is 26.7. The van der Waals surface area contributed by atoms with Gasteiger partial charge in [0.25, 0.3) is 5.95 Å². The molecule has 16 atom stereocenters. The summed E-state index contributed by atoms with van der Waals surface area (Å²) < 4.78 is 13.6. The van der Waals surface area contributed by atoms with Crippen molar-refractivity contribution >= 4 is 17.3 Å². The van der Waals surface area contributed by atoms with Crippen LogP contribution in [-0.4, -0.2) is 94.5 Å². The second-order valence-electron chi connectivity index (χ2n) is 31.4. The van der Waals surface area contributed by atoms with Crippen molar-refractivity contribution in [3.63, 3.8) is 0 Å². The van der Waals surface area contributed by atoms with Gasteiger partial charge in [0, 0.05) is 62.2 Å². The van der Waals surface area contributed by atoms with Crippen LogP contribution in [0.5, 0.6) is 11.7 Å². The zero-order valence-corrected chi connectivity index (χ0v) is 56.6. The number of fused-ring (bicyclic) bond motifs is 9. The standard InChI is InChI=1S/C82H101N5O9/c1-4-31-84-47-53-36-50-25-32-85-46-52-14-10-15-54(38-52)59-21-19-58(89)42-64(59)71-61-24-30-81(69(95-78(92)74(71)81)40-51(27-34-88)35-49-12-6-5-7-13-49)73-62(61)22-23-63-72(73)77(91)96-76(63)68(90)45-80(57-26-33-86-70(41-57)83-3)43-65-60-20-18-56-16-8-9-29-82(56,94)67(60)17-11-28-79(2,93)48-87-75(66(65)44-80)55(37-50)39-53/h5-7,10,12-15,19,21,36-40,42,51,56-57,60-62,65-67,70,73,75,83-89,91,93-94H,4,8-9,16,18,20,22-35,41,43-48H2,1-3H3/b69-40-/t51-,56+,57-,60+,61-,62+,65-,66+,67-,70+,73-,75+,79+,80-,81-,82-/m1/s1. The van der Waals surface area contributed by atoms with Crippen LogP contribution < -0.4 is 26.6 Å². The number of benzene rings is 4. The number of aromatic hydroxyl groups is 2. The zero-order valence-electron chi connectivity index (χ0n) is 56.6. The minimum atomic E-state index is -1.18. The van der Waals surface area contributed by atoms with Gasteiger partial charge in [0.2, 0.25) is 0 Å². The van der Waals surface area contributed by atoms with Gasteiger partial charge in [0.1, 0.15) is 11.5 Å². The fourth-order valence-electron chi connectivity index (χ4n) is 21.6. The molecule has 10 N–H and O–H groups in total. The molecule has 1 spiro atoms. The smallest absolute Gasteiger partial charge is 0.340 e. The van der Waals surface area contributed by atoms with Crippen LogP contribution in [0.25, 0.3) is 16.7 Å². The molecule has 4 aromatic carbocycles. The van der Waals surface area contributed by atoms with Gasteiger partial charge in [-0.2, -0.15) is 0 Å². The van der Waals surface area contributed by atoms with Crippen molar-refractivity contribution < 1.29 is 44.3 Å². The predicted molar refractivity (Wildman–Crippen MR) is 372 cm³/mol. The van der Waals surface area contributed by atoms with Crippen LogP contribution >= 0.6 is 0 Å². The van der Waals surface area contributed by atoms with E-state index in [0.29, 0.717) is 81.6 Å². The van der Waals surface area contributed by atoms with Crippen molar-refractivity contribution in [2.45, 2.75) is 185 Å². The monoisotopic (exact) mass is 1300 g/mol. The number of ketones is 1. The van der Waals surface area contributed by atoms with Crippen molar-refractivity contribution in [1.82, 2.24) is 26.6 Å². The number of allylic oxidation sites excluding steroid dienone is 3. The number of β-amino-alcohol motifs (C(OH)–C–C–N with tert-alkyl or cyclic N) is 1. The molecule has 1 aromatic heterocycles. The maximum atomic E-state index is 16.6. The molecular formula is C82H101N5O9. The molecule has 2 saturated heterocycles. The largest absolute Gasteiger partial charge is 0.508 e. The number of esters is 1. The molecule has 14 bridgehead atoms. The Kier molecular flexibility index (Phi) is 18.2. The number of nitrogens with one attached hydrogen (secondary N) is 5. The molecule has 6 heterocycles. The summed E-state index contributed by atoms with van der Waals surface area (Å²) >= 11 is 0. The quantitative estimate of drug-likeness (QED) is 0.0338. The molecule has 5 aliphatic heterocycles. The molecule has 0 amide bonds. The first kappa shape index (κ1) is 65.6. The Hall–Kier alpha value is -6.38. The van der Waals surface area contributed by atoms with Crippen LogP contribution in [0.15, 0.2) is 113 Å². The van der Waals surface area contributed by atoms with E-state index in [9.17, 15) is 25.5 Å². The second-order valence-corrected chi connectivity index (χ2v) is 31.4. The molecular weight excluding hydrogens is 1200 g/mol. The third-order valence-corrected chi connectivity index (χ3v) is 25.7. The zero-order chi connectivity index (χ0) is 66.1. The van der Waals surface area contributed by atoms with Crippen molar-refractivity contribution in [1.29, 1.82) is 0 Å². The first-order valence-corrected chi connectivity index (χ1v) is 36.9. The van der Waals surface area contributed by atoms with E-state index in [0.717, 1.165) is 129 Å². The van der Waals surface area contributed by atoms with Crippen molar-refractivity contribution in [3.8, 4) is 34.7 Å². The number of carbonyl (C=O) groups excluding carboxylic acids is 2. The minimum absolute atomic E-state index is 0.0251. The number of cyclic esters (lactones) is 1. The summed E-state index contributed by atoms with van der Waals surface area (Å²) in [6.45, 7) is 8.04. The summed E-state index contributed by atoms with van der Waals surface area (Å²) in [5, 5.41) is 80.4. The third kappa shape index (κ3) is 11.8. The molecule has 6 fully saturated rings. The van der Waals surface area contributed by atoms with Gasteiger partial charge in [-0.3, -0.25) is 4.79 Å². The Morgan fingerprint density at radius 1 is 0.812 bits per heavy atom. The minimum Gasteiger partial charge on any atom is -0.508 e. The highest BCUT2D eigenvalue weighted by molar-refractivity contribution is 6.07. The summed E-state index contributed by atoms with van der Waals surface area (Å²) in [7, 11) is 2.02. The van der Waals surface area contributed by atoms with E-state index < -0.39 is 33.9 Å². The topological polar surface area (TPSA) is 218 Å². The van der Waals surface area contributed by atoms with Crippen LogP contribution in [0.4, 0.5) is 0 Å². The lowest BCUT2D eigenvalue weighted by Crippen LogP contribution is -2.54. The Balaban J connectivity index is 0.930. The maximum absolute atomic E-state index is 16.6. The Morgan fingerprint density at radius 3 is 2.52 bits per heavy atom. The predicted octanol–water partition coefficient (Wildman–Crippen LogP) is 12.3. The van der Waals surface area contributed by atoms with Gasteiger partial charge in [0.05, 0.1) is 34.3 Å². The Labute approximate surface area is 567 Å². The molecule has 0 radical (unpaired) electrons. The summed E-state index contributed by atoms with van der Waals surface area (Å²) in [6.07, 6.45) is 16.6. The number of phenolic OH excluding ortho intramolecular Hbond substituents is 1. The van der Waals surface area contributed by atoms with Crippen LogP contribution in [-0.2, 0) is 41.9 Å². The summed E-state index contributed by atoms with van der Waals surface area (Å²) in [4.78, 5) is 32.2. The van der Waals surface area contributed by atoms with Crippen LogP contribution in [0, 0.1) is 75.9 Å². The number of ether oxygens (including phenoxy) is 1. The fourth-order valence-corrected chi connectivity index (χ4v) is 21.6. The molecule has 14 nitrogen and oxygen atoms in total. The molecule has 12 aliphatic rings. The van der Waals surface area contributed by atoms with Crippen LogP contribution in [0.2, 0.25) is 0 Å². The van der Waals surface area contributed by atoms with Gasteiger partial charge in [-0.05, 0) is 263 Å². The Morgan fingerprint density at radius 2 is 1.68 bits per heavy atom. The molecule has 5 aromatic rings. The molecule has 14 heteroatoms. The van der Waals surface area contributed by atoms with E-state index in [4.69, 9.17) is 9.15 Å². The lowest BCUT2D eigenvalue weighted by molar-refractivity contribution is -0.132. The first-order chi connectivity index (χ1) is 46.6. The van der Waals surface area contributed by atoms with Gasteiger partial charge in [0.15, 0.2) is 11.5 Å². The number of hydrogen-bond donors (Lipinski definition) is 10. The van der Waals surface area contributed by atoms with Gasteiger partial charge >= 0.3 is 5.97 Å². The van der Waals surface area contributed by atoms with Gasteiger partial charge in [-0.25, -0.2) is 4.79 Å². The highest BCUT2D eigenvalue weighted by Crippen LogP contribution is 2.74. The Bertz CT molecular complexity index is 3880. The highest BCUT2D eigenvalue weighted by atomic mass is 16.5. The van der Waals surface area contributed by atoms with E-state index in [2.05, 4.69) is 106 Å². The lowest BCUT2D eigenvalue weighted by atomic mass is 9.44. The van der Waals surface area contributed by atoms with E-state index in [-0.39, 0.29) is 108 Å². The molecule has 4 saturated carbocycles. The van der Waals surface area contributed by atoms with Gasteiger partial charge in [-0.1, -0.05) is 104 Å².